The number of nitrogens with zero attached hydrogens (tertiary/aromatic N) is 1. The molecule has 0 aromatic heterocycles. The Labute approximate surface area is 144 Å². The molecule has 0 saturated carbocycles. The molecule has 0 spiro atoms. The molecular formula is C19H16ClNO3. The third-order valence-corrected chi connectivity index (χ3v) is 4.63. The number of fused-ring (bicyclic) bond motifs is 1. The summed E-state index contributed by atoms with van der Waals surface area (Å²) in [7, 11) is 0. The summed E-state index contributed by atoms with van der Waals surface area (Å²) in [5.74, 6) is 0.000605. The second-order valence-corrected chi connectivity index (χ2v) is 6.48. The van der Waals surface area contributed by atoms with Gasteiger partial charge in [-0.15, -0.1) is 0 Å². The van der Waals surface area contributed by atoms with Crippen molar-refractivity contribution in [3.8, 4) is 0 Å². The molecule has 0 atom stereocenters. The van der Waals surface area contributed by atoms with E-state index in [0.717, 1.165) is 28.7 Å². The quantitative estimate of drug-likeness (QED) is 0.435. The molecule has 3 rings (SSSR count). The van der Waals surface area contributed by atoms with Gasteiger partial charge in [0.1, 0.15) is 5.02 Å². The lowest BCUT2D eigenvalue weighted by atomic mass is 9.83. The van der Waals surface area contributed by atoms with E-state index in [-0.39, 0.29) is 16.5 Å². The van der Waals surface area contributed by atoms with Crippen molar-refractivity contribution >= 4 is 29.1 Å². The fourth-order valence-corrected chi connectivity index (χ4v) is 3.36. The second kappa shape index (κ2) is 6.21. The van der Waals surface area contributed by atoms with E-state index in [2.05, 4.69) is 6.07 Å². The van der Waals surface area contributed by atoms with Gasteiger partial charge in [0.25, 0.3) is 5.69 Å². The largest absolute Gasteiger partial charge is 0.289 e. The van der Waals surface area contributed by atoms with E-state index in [1.165, 1.54) is 12.1 Å². The zero-order valence-electron chi connectivity index (χ0n) is 13.4. The maximum absolute atomic E-state index is 12.8. The summed E-state index contributed by atoms with van der Waals surface area (Å²) in [4.78, 5) is 23.3. The van der Waals surface area contributed by atoms with Gasteiger partial charge in [0, 0.05) is 17.2 Å². The van der Waals surface area contributed by atoms with Crippen LogP contribution in [0.1, 0.15) is 39.0 Å². The van der Waals surface area contributed by atoms with Crippen LogP contribution in [0.3, 0.4) is 0 Å². The lowest BCUT2D eigenvalue weighted by Crippen LogP contribution is -2.15. The number of benzene rings is 2. The van der Waals surface area contributed by atoms with Crippen LogP contribution in [-0.4, -0.2) is 10.7 Å². The Morgan fingerprint density at radius 3 is 2.62 bits per heavy atom. The van der Waals surface area contributed by atoms with Crippen molar-refractivity contribution in [2.45, 2.75) is 26.7 Å². The summed E-state index contributed by atoms with van der Waals surface area (Å²) < 4.78 is 0. The number of allylic oxidation sites excluding steroid dienone is 1. The van der Waals surface area contributed by atoms with E-state index in [0.29, 0.717) is 17.6 Å². The highest BCUT2D eigenvalue weighted by atomic mass is 35.5. The van der Waals surface area contributed by atoms with E-state index in [4.69, 9.17) is 11.6 Å². The van der Waals surface area contributed by atoms with Crippen molar-refractivity contribution in [2.75, 3.05) is 0 Å². The number of hydrogen-bond acceptors (Lipinski definition) is 3. The van der Waals surface area contributed by atoms with E-state index >= 15 is 0 Å². The maximum Gasteiger partial charge on any atom is 0.288 e. The summed E-state index contributed by atoms with van der Waals surface area (Å²) in [6.45, 7) is 4.00. The number of halogens is 1. The number of Topliss-reactive ketones (excluding diaryl/α,β-unsaturated/α-hetero) is 1. The Bertz CT molecular complexity index is 900. The Morgan fingerprint density at radius 1 is 1.17 bits per heavy atom. The fourth-order valence-electron chi connectivity index (χ4n) is 3.18. The number of carbonyl (C=O) groups excluding carboxylic acids is 1. The smallest absolute Gasteiger partial charge is 0.288 e. The second-order valence-electron chi connectivity index (χ2n) is 6.07. The normalized spacial score (nSPS) is 15.5. The number of rotatable bonds is 2. The van der Waals surface area contributed by atoms with E-state index < -0.39 is 4.92 Å². The molecule has 122 valence electrons. The molecule has 1 aliphatic carbocycles. The molecule has 0 fully saturated rings. The lowest BCUT2D eigenvalue weighted by molar-refractivity contribution is -0.384. The van der Waals surface area contributed by atoms with E-state index in [1.54, 1.807) is 12.1 Å². The number of carbonyl (C=O) groups is 1. The van der Waals surface area contributed by atoms with E-state index in [1.807, 2.05) is 19.9 Å². The van der Waals surface area contributed by atoms with Crippen LogP contribution in [0, 0.1) is 24.0 Å². The van der Waals surface area contributed by atoms with Crippen molar-refractivity contribution < 1.29 is 9.72 Å². The first kappa shape index (κ1) is 16.4. The van der Waals surface area contributed by atoms with Crippen molar-refractivity contribution in [3.63, 3.8) is 0 Å². The lowest BCUT2D eigenvalue weighted by Gasteiger charge is -2.20. The van der Waals surface area contributed by atoms with Crippen LogP contribution in [0.2, 0.25) is 5.02 Å². The average Bonchev–Trinajstić information content (AvgIpc) is 2.52. The highest BCUT2D eigenvalue weighted by Gasteiger charge is 2.23. The molecule has 0 amide bonds. The number of nitro benzene ring substituents is 1. The standard InChI is InChI=1S/C19H16ClNO3/c1-11-7-12(2)15-5-4-14(19(22)16(15)8-11)9-13-3-6-17(20)18(10-13)21(23)24/h3,6-10H,4-5H2,1-2H3/b14-9+. The zero-order chi connectivity index (χ0) is 17.4. The van der Waals surface area contributed by atoms with Gasteiger partial charge in [0.15, 0.2) is 5.78 Å². The number of hydrogen-bond donors (Lipinski definition) is 0. The average molecular weight is 342 g/mol. The van der Waals surface area contributed by atoms with Crippen molar-refractivity contribution in [1.82, 2.24) is 0 Å². The Balaban J connectivity index is 2.02. The van der Waals surface area contributed by atoms with Crippen LogP contribution in [0.25, 0.3) is 6.08 Å². The van der Waals surface area contributed by atoms with Crippen LogP contribution >= 0.6 is 11.6 Å². The van der Waals surface area contributed by atoms with Crippen LogP contribution in [-0.2, 0) is 6.42 Å². The van der Waals surface area contributed by atoms with Crippen molar-refractivity contribution in [1.29, 1.82) is 0 Å². The predicted octanol–water partition coefficient (Wildman–Crippen LogP) is 5.08. The minimum Gasteiger partial charge on any atom is -0.289 e. The molecule has 4 nitrogen and oxygen atoms in total. The highest BCUT2D eigenvalue weighted by molar-refractivity contribution is 6.32. The monoisotopic (exact) mass is 341 g/mol. The fraction of sp³-hybridized carbons (Fsp3) is 0.211. The molecule has 2 aromatic rings. The Kier molecular flexibility index (Phi) is 4.24. The Hall–Kier alpha value is -2.46. The maximum atomic E-state index is 12.8. The topological polar surface area (TPSA) is 60.2 Å². The molecule has 0 unspecified atom stereocenters. The highest BCUT2D eigenvalue weighted by Crippen LogP contribution is 2.31. The first-order valence-electron chi connectivity index (χ1n) is 7.66. The van der Waals surface area contributed by atoms with Gasteiger partial charge in [0.2, 0.25) is 0 Å². The summed E-state index contributed by atoms with van der Waals surface area (Å²) in [6, 6.07) is 8.58. The van der Waals surface area contributed by atoms with Gasteiger partial charge >= 0.3 is 0 Å². The summed E-state index contributed by atoms with van der Waals surface area (Å²) in [5.41, 5.74) is 5.17. The first-order valence-corrected chi connectivity index (χ1v) is 8.04. The van der Waals surface area contributed by atoms with Crippen LogP contribution in [0.4, 0.5) is 5.69 Å². The van der Waals surface area contributed by atoms with Crippen LogP contribution in [0.15, 0.2) is 35.9 Å². The molecule has 0 saturated heterocycles. The van der Waals surface area contributed by atoms with Crippen LogP contribution < -0.4 is 0 Å². The number of aryl methyl sites for hydroxylation is 2. The van der Waals surface area contributed by atoms with Crippen molar-refractivity contribution in [3.05, 3.63) is 78.9 Å². The molecule has 0 aliphatic heterocycles. The van der Waals surface area contributed by atoms with Gasteiger partial charge in [-0.3, -0.25) is 14.9 Å². The molecule has 0 radical (unpaired) electrons. The van der Waals surface area contributed by atoms with Gasteiger partial charge in [0.05, 0.1) is 4.92 Å². The van der Waals surface area contributed by atoms with Gasteiger partial charge in [-0.25, -0.2) is 0 Å². The summed E-state index contributed by atoms with van der Waals surface area (Å²) in [5, 5.41) is 11.1. The predicted molar refractivity (Wildman–Crippen MR) is 94.7 cm³/mol. The molecule has 0 N–H and O–H groups in total. The zero-order valence-corrected chi connectivity index (χ0v) is 14.2. The minimum absolute atomic E-state index is 0.000605. The number of nitro groups is 1. The summed E-state index contributed by atoms with van der Waals surface area (Å²) >= 11 is 5.84. The van der Waals surface area contributed by atoms with E-state index in [9.17, 15) is 14.9 Å². The first-order chi connectivity index (χ1) is 11.4. The molecule has 5 heteroatoms. The Morgan fingerprint density at radius 2 is 1.92 bits per heavy atom. The molecule has 1 aliphatic rings. The van der Waals surface area contributed by atoms with Gasteiger partial charge in [-0.1, -0.05) is 29.3 Å². The molecule has 24 heavy (non-hydrogen) atoms. The minimum atomic E-state index is -0.519. The van der Waals surface area contributed by atoms with Crippen molar-refractivity contribution in [2.24, 2.45) is 0 Å². The molecule has 0 bridgehead atoms. The van der Waals surface area contributed by atoms with Gasteiger partial charge in [-0.2, -0.15) is 0 Å². The van der Waals surface area contributed by atoms with Crippen LogP contribution in [0.5, 0.6) is 0 Å². The molecular weight excluding hydrogens is 326 g/mol. The molecule has 0 heterocycles. The summed E-state index contributed by atoms with van der Waals surface area (Å²) in [6.07, 6.45) is 3.16. The van der Waals surface area contributed by atoms with Gasteiger partial charge < -0.3 is 0 Å². The third-order valence-electron chi connectivity index (χ3n) is 4.31. The van der Waals surface area contributed by atoms with Gasteiger partial charge in [-0.05, 0) is 61.6 Å². The number of ketones is 1. The molecule has 2 aromatic carbocycles. The SMILES string of the molecule is Cc1cc(C)c2c(c1)C(=O)/C(=C/c1ccc(Cl)c([N+](=O)[O-])c1)CC2. The third kappa shape index (κ3) is 2.97.